The van der Waals surface area contributed by atoms with E-state index in [0.717, 1.165) is 6.42 Å². The van der Waals surface area contributed by atoms with Crippen molar-refractivity contribution in [3.8, 4) is 11.3 Å². The average molecular weight is 307 g/mol. The zero-order chi connectivity index (χ0) is 15.4. The van der Waals surface area contributed by atoms with Gasteiger partial charge in [-0.25, -0.2) is 9.37 Å². The lowest BCUT2D eigenvalue weighted by Gasteiger charge is -2.16. The maximum Gasteiger partial charge on any atom is 0.243 e. The number of thiazole rings is 1. The second kappa shape index (κ2) is 6.78. The van der Waals surface area contributed by atoms with Crippen molar-refractivity contribution in [3.05, 3.63) is 35.5 Å². The van der Waals surface area contributed by atoms with Gasteiger partial charge in [-0.05, 0) is 18.1 Å². The highest BCUT2D eigenvalue weighted by Gasteiger charge is 2.20. The third-order valence-corrected chi connectivity index (χ3v) is 4.20. The molecule has 0 radical (unpaired) electrons. The molecule has 1 amide bonds. The van der Waals surface area contributed by atoms with Gasteiger partial charge in [0.1, 0.15) is 5.82 Å². The number of carbonyl (C=O) groups excluding carboxylic acids is 1. The summed E-state index contributed by atoms with van der Waals surface area (Å²) in [7, 11) is 0. The van der Waals surface area contributed by atoms with E-state index in [4.69, 9.17) is 5.73 Å². The summed E-state index contributed by atoms with van der Waals surface area (Å²) in [5.74, 6) is -0.508. The second-order valence-corrected chi connectivity index (χ2v) is 5.78. The van der Waals surface area contributed by atoms with Crippen molar-refractivity contribution in [2.75, 3.05) is 5.32 Å². The molecule has 112 valence electrons. The van der Waals surface area contributed by atoms with Gasteiger partial charge in [0.05, 0.1) is 11.7 Å². The number of carbonyl (C=O) groups is 1. The SMILES string of the molecule is CCC(C)C(N)C(=O)Nc1nc(-c2ccccc2F)cs1. The Morgan fingerprint density at radius 2 is 2.19 bits per heavy atom. The molecule has 21 heavy (non-hydrogen) atoms. The third kappa shape index (κ3) is 3.65. The number of aromatic nitrogens is 1. The van der Waals surface area contributed by atoms with Gasteiger partial charge < -0.3 is 11.1 Å². The maximum atomic E-state index is 13.7. The lowest BCUT2D eigenvalue weighted by molar-refractivity contribution is -0.118. The fourth-order valence-corrected chi connectivity index (χ4v) is 2.54. The molecule has 0 bridgehead atoms. The number of nitrogens with zero attached hydrogens (tertiary/aromatic N) is 1. The van der Waals surface area contributed by atoms with Crippen LogP contribution in [-0.4, -0.2) is 16.9 Å². The van der Waals surface area contributed by atoms with Gasteiger partial charge >= 0.3 is 0 Å². The Bertz CT molecular complexity index is 629. The van der Waals surface area contributed by atoms with Crippen LogP contribution < -0.4 is 11.1 Å². The summed E-state index contributed by atoms with van der Waals surface area (Å²) < 4.78 is 13.7. The smallest absolute Gasteiger partial charge is 0.243 e. The van der Waals surface area contributed by atoms with Crippen LogP contribution >= 0.6 is 11.3 Å². The predicted octanol–water partition coefficient (Wildman–Crippen LogP) is 3.26. The van der Waals surface area contributed by atoms with Crippen LogP contribution in [0.25, 0.3) is 11.3 Å². The first-order valence-corrected chi connectivity index (χ1v) is 7.67. The summed E-state index contributed by atoms with van der Waals surface area (Å²) in [6.07, 6.45) is 0.826. The molecule has 6 heteroatoms. The molecular weight excluding hydrogens is 289 g/mol. The first-order valence-electron chi connectivity index (χ1n) is 6.79. The van der Waals surface area contributed by atoms with Gasteiger partial charge in [-0.1, -0.05) is 32.4 Å². The van der Waals surface area contributed by atoms with E-state index < -0.39 is 6.04 Å². The van der Waals surface area contributed by atoms with Gasteiger partial charge in [-0.15, -0.1) is 11.3 Å². The van der Waals surface area contributed by atoms with Crippen molar-refractivity contribution in [1.29, 1.82) is 0 Å². The molecule has 2 aromatic rings. The number of hydrogen-bond donors (Lipinski definition) is 2. The molecule has 0 aliphatic heterocycles. The van der Waals surface area contributed by atoms with E-state index in [2.05, 4.69) is 10.3 Å². The van der Waals surface area contributed by atoms with Crippen molar-refractivity contribution in [1.82, 2.24) is 4.98 Å². The normalized spacial score (nSPS) is 13.7. The van der Waals surface area contributed by atoms with E-state index in [1.165, 1.54) is 17.4 Å². The molecular formula is C15H18FN3OS. The number of nitrogens with two attached hydrogens (primary N) is 1. The highest BCUT2D eigenvalue weighted by molar-refractivity contribution is 7.14. The van der Waals surface area contributed by atoms with Crippen molar-refractivity contribution < 1.29 is 9.18 Å². The highest BCUT2D eigenvalue weighted by atomic mass is 32.1. The lowest BCUT2D eigenvalue weighted by atomic mass is 10.00. The van der Waals surface area contributed by atoms with Crippen LogP contribution in [-0.2, 0) is 4.79 Å². The van der Waals surface area contributed by atoms with E-state index in [1.807, 2.05) is 13.8 Å². The van der Waals surface area contributed by atoms with Crippen molar-refractivity contribution >= 4 is 22.4 Å². The van der Waals surface area contributed by atoms with Gasteiger partial charge in [-0.3, -0.25) is 4.79 Å². The van der Waals surface area contributed by atoms with Crippen LogP contribution in [0.1, 0.15) is 20.3 Å². The van der Waals surface area contributed by atoms with Crippen LogP contribution in [0.5, 0.6) is 0 Å². The molecule has 1 aromatic heterocycles. The van der Waals surface area contributed by atoms with E-state index in [9.17, 15) is 9.18 Å². The minimum absolute atomic E-state index is 0.0935. The second-order valence-electron chi connectivity index (χ2n) is 4.92. The molecule has 0 saturated carbocycles. The van der Waals surface area contributed by atoms with E-state index in [0.29, 0.717) is 16.4 Å². The summed E-state index contributed by atoms with van der Waals surface area (Å²) >= 11 is 1.25. The maximum absolute atomic E-state index is 13.7. The summed E-state index contributed by atoms with van der Waals surface area (Å²) in [4.78, 5) is 16.2. The van der Waals surface area contributed by atoms with Crippen LogP contribution in [0.2, 0.25) is 0 Å². The highest BCUT2D eigenvalue weighted by Crippen LogP contribution is 2.27. The van der Waals surface area contributed by atoms with Gasteiger partial charge in [0.15, 0.2) is 5.13 Å². The molecule has 0 aliphatic carbocycles. The molecule has 0 saturated heterocycles. The third-order valence-electron chi connectivity index (χ3n) is 3.44. The Morgan fingerprint density at radius 1 is 1.48 bits per heavy atom. The summed E-state index contributed by atoms with van der Waals surface area (Å²) in [6.45, 7) is 3.91. The number of amides is 1. The van der Waals surface area contributed by atoms with Crippen LogP contribution in [0.4, 0.5) is 9.52 Å². The fraction of sp³-hybridized carbons (Fsp3) is 0.333. The molecule has 2 rings (SSSR count). The van der Waals surface area contributed by atoms with Crippen LogP contribution in [0.15, 0.2) is 29.6 Å². The Hall–Kier alpha value is -1.79. The zero-order valence-corrected chi connectivity index (χ0v) is 12.8. The van der Waals surface area contributed by atoms with Crippen molar-refractivity contribution in [3.63, 3.8) is 0 Å². The van der Waals surface area contributed by atoms with Crippen molar-refractivity contribution in [2.24, 2.45) is 11.7 Å². The minimum atomic E-state index is -0.573. The van der Waals surface area contributed by atoms with Crippen LogP contribution in [0.3, 0.4) is 0 Å². The Labute approximate surface area is 127 Å². The number of rotatable bonds is 5. The summed E-state index contributed by atoms with van der Waals surface area (Å²) in [5, 5.41) is 4.83. The average Bonchev–Trinajstić information content (AvgIpc) is 2.94. The quantitative estimate of drug-likeness (QED) is 0.891. The molecule has 0 fully saturated rings. The number of nitrogens with one attached hydrogen (secondary N) is 1. The summed E-state index contributed by atoms with van der Waals surface area (Å²) in [6, 6.07) is 5.83. The van der Waals surface area contributed by atoms with Gasteiger partial charge in [0, 0.05) is 10.9 Å². The molecule has 1 heterocycles. The van der Waals surface area contributed by atoms with E-state index in [1.54, 1.807) is 23.6 Å². The minimum Gasteiger partial charge on any atom is -0.320 e. The Balaban J connectivity index is 2.11. The first kappa shape index (κ1) is 15.6. The summed E-state index contributed by atoms with van der Waals surface area (Å²) in [5.41, 5.74) is 6.79. The molecule has 3 N–H and O–H groups in total. The van der Waals surface area contributed by atoms with Crippen LogP contribution in [0, 0.1) is 11.7 Å². The van der Waals surface area contributed by atoms with Gasteiger partial charge in [0.2, 0.25) is 5.91 Å². The zero-order valence-electron chi connectivity index (χ0n) is 12.0. The van der Waals surface area contributed by atoms with Gasteiger partial charge in [0.25, 0.3) is 0 Å². The number of benzene rings is 1. The van der Waals surface area contributed by atoms with Gasteiger partial charge in [-0.2, -0.15) is 0 Å². The molecule has 1 aromatic carbocycles. The predicted molar refractivity (Wildman–Crippen MR) is 83.6 cm³/mol. The number of halogens is 1. The molecule has 0 spiro atoms. The largest absolute Gasteiger partial charge is 0.320 e. The van der Waals surface area contributed by atoms with Crippen molar-refractivity contribution in [2.45, 2.75) is 26.3 Å². The van der Waals surface area contributed by atoms with E-state index in [-0.39, 0.29) is 17.6 Å². The number of anilines is 1. The standard InChI is InChI=1S/C15H18FN3OS/c1-3-9(2)13(17)14(20)19-15-18-12(8-21-15)10-6-4-5-7-11(10)16/h4-9,13H,3,17H2,1-2H3,(H,18,19,20). The topological polar surface area (TPSA) is 68.0 Å². The molecule has 2 unspecified atom stereocenters. The lowest BCUT2D eigenvalue weighted by Crippen LogP contribution is -2.40. The Morgan fingerprint density at radius 3 is 2.86 bits per heavy atom. The molecule has 4 nitrogen and oxygen atoms in total. The fourth-order valence-electron chi connectivity index (χ4n) is 1.82. The van der Waals surface area contributed by atoms with E-state index >= 15 is 0 Å². The molecule has 2 atom stereocenters. The monoisotopic (exact) mass is 307 g/mol. The molecule has 0 aliphatic rings. The Kier molecular flexibility index (Phi) is 5.03. The number of hydrogen-bond acceptors (Lipinski definition) is 4. The first-order chi connectivity index (χ1) is 10.0.